The Labute approximate surface area is 169 Å². The van der Waals surface area contributed by atoms with Crippen LogP contribution in [0.5, 0.6) is 0 Å². The van der Waals surface area contributed by atoms with Crippen molar-refractivity contribution in [2.24, 2.45) is 10.2 Å². The van der Waals surface area contributed by atoms with Crippen molar-refractivity contribution in [1.29, 1.82) is 0 Å². The highest BCUT2D eigenvalue weighted by Gasteiger charge is 2.21. The van der Waals surface area contributed by atoms with Crippen molar-refractivity contribution >= 4 is 33.1 Å². The molecule has 0 heterocycles. The third kappa shape index (κ3) is 5.26. The van der Waals surface area contributed by atoms with Crippen LogP contribution >= 0.6 is 0 Å². The van der Waals surface area contributed by atoms with Gasteiger partial charge in [0.05, 0.1) is 16.9 Å². The molecule has 0 spiro atoms. The summed E-state index contributed by atoms with van der Waals surface area (Å²) >= 11 is 0. The maximum atomic E-state index is 12.3. The first-order valence-electron chi connectivity index (χ1n) is 8.68. The van der Waals surface area contributed by atoms with Crippen LogP contribution in [0.15, 0.2) is 94.0 Å². The highest BCUT2D eigenvalue weighted by atomic mass is 32.2. The molecule has 3 aromatic rings. The van der Waals surface area contributed by atoms with Crippen molar-refractivity contribution in [3.8, 4) is 0 Å². The van der Waals surface area contributed by atoms with Crippen molar-refractivity contribution in [3.05, 3.63) is 84.4 Å². The Balaban J connectivity index is 1.69. The van der Waals surface area contributed by atoms with Crippen LogP contribution < -0.4 is 4.90 Å². The van der Waals surface area contributed by atoms with E-state index in [1.54, 1.807) is 18.2 Å². The second-order valence-electron chi connectivity index (χ2n) is 6.30. The lowest BCUT2D eigenvalue weighted by Crippen LogP contribution is -2.13. The Morgan fingerprint density at radius 2 is 1.31 bits per heavy atom. The summed E-state index contributed by atoms with van der Waals surface area (Å²) in [6.45, 7) is 0. The average molecular weight is 409 g/mol. The molecule has 0 saturated carbocycles. The van der Waals surface area contributed by atoms with Crippen molar-refractivity contribution in [2.75, 3.05) is 19.0 Å². The van der Waals surface area contributed by atoms with Gasteiger partial charge in [0.15, 0.2) is 0 Å². The van der Waals surface area contributed by atoms with Crippen LogP contribution in [0.4, 0.5) is 17.1 Å². The number of carbonyl (C=O) groups is 1. The molecule has 0 N–H and O–H groups in total. The van der Waals surface area contributed by atoms with E-state index in [0.717, 1.165) is 5.69 Å². The number of hydrogen-bond donors (Lipinski definition) is 0. The summed E-state index contributed by atoms with van der Waals surface area (Å²) in [4.78, 5) is 13.8. The number of azo groups is 1. The molecule has 148 valence electrons. The predicted molar refractivity (Wildman–Crippen MR) is 110 cm³/mol. The van der Waals surface area contributed by atoms with Crippen LogP contribution in [-0.4, -0.2) is 28.5 Å². The zero-order chi connectivity index (χ0) is 20.9. The molecule has 0 aliphatic heterocycles. The quantitative estimate of drug-likeness (QED) is 0.434. The lowest BCUT2D eigenvalue weighted by atomic mass is 10.2. The third-order valence-corrected chi connectivity index (χ3v) is 5.19. The van der Waals surface area contributed by atoms with Crippen molar-refractivity contribution < 1.29 is 17.4 Å². The van der Waals surface area contributed by atoms with E-state index in [4.69, 9.17) is 0 Å². The fourth-order valence-corrected chi connectivity index (χ4v) is 3.24. The van der Waals surface area contributed by atoms with Gasteiger partial charge in [0, 0.05) is 19.8 Å². The lowest BCUT2D eigenvalue weighted by Gasteiger charge is -2.11. The van der Waals surface area contributed by atoms with E-state index >= 15 is 0 Å². The maximum absolute atomic E-state index is 12.3. The van der Waals surface area contributed by atoms with Crippen molar-refractivity contribution in [1.82, 2.24) is 0 Å². The molecule has 29 heavy (non-hydrogen) atoms. The molecule has 3 rings (SSSR count). The summed E-state index contributed by atoms with van der Waals surface area (Å²) in [6.07, 6.45) is 0. The molecular weight excluding hydrogens is 390 g/mol. The fraction of sp³-hybridized carbons (Fsp3) is 0.0952. The molecule has 7 nitrogen and oxygen atoms in total. The smallest absolute Gasteiger partial charge is 0.354 e. The molecule has 8 heteroatoms. The van der Waals surface area contributed by atoms with Gasteiger partial charge < -0.3 is 9.08 Å². The van der Waals surface area contributed by atoms with Crippen LogP contribution in [0, 0.1) is 0 Å². The Hall–Kier alpha value is -3.52. The SMILES string of the molecule is CN(C)c1ccc(N=Nc2ccc(S(=O)(=O)OC(=O)c3ccccc3)cc2)cc1. The van der Waals surface area contributed by atoms with Gasteiger partial charge in [0.1, 0.15) is 4.90 Å². The number of rotatable bonds is 6. The van der Waals surface area contributed by atoms with Crippen LogP contribution in [0.25, 0.3) is 0 Å². The molecule has 0 saturated heterocycles. The number of hydrogen-bond acceptors (Lipinski definition) is 7. The maximum Gasteiger partial charge on any atom is 0.354 e. The molecule has 0 amide bonds. The van der Waals surface area contributed by atoms with E-state index in [9.17, 15) is 13.2 Å². The number of benzene rings is 3. The van der Waals surface area contributed by atoms with Crippen LogP contribution in [0.2, 0.25) is 0 Å². The first kappa shape index (κ1) is 20.2. The number of nitrogens with zero attached hydrogens (tertiary/aromatic N) is 3. The van der Waals surface area contributed by atoms with Crippen LogP contribution in [0.1, 0.15) is 10.4 Å². The normalized spacial score (nSPS) is 11.4. The summed E-state index contributed by atoms with van der Waals surface area (Å²) in [5.41, 5.74) is 2.34. The second kappa shape index (κ2) is 8.66. The Morgan fingerprint density at radius 1 is 0.793 bits per heavy atom. The van der Waals surface area contributed by atoms with Gasteiger partial charge in [-0.3, -0.25) is 0 Å². The molecule has 3 aromatic carbocycles. The lowest BCUT2D eigenvalue weighted by molar-refractivity contribution is 0.0746. The summed E-state index contributed by atoms with van der Waals surface area (Å²) in [7, 11) is -0.336. The molecular formula is C21H19N3O4S. The highest BCUT2D eigenvalue weighted by molar-refractivity contribution is 7.87. The molecule has 0 fully saturated rings. The van der Waals surface area contributed by atoms with E-state index in [1.807, 2.05) is 43.3 Å². The van der Waals surface area contributed by atoms with Crippen molar-refractivity contribution in [2.45, 2.75) is 4.90 Å². The fourth-order valence-electron chi connectivity index (χ4n) is 2.38. The van der Waals surface area contributed by atoms with Gasteiger partial charge in [-0.05, 0) is 60.7 Å². The average Bonchev–Trinajstić information content (AvgIpc) is 2.73. The minimum Gasteiger partial charge on any atom is -0.378 e. The van der Waals surface area contributed by atoms with Gasteiger partial charge >= 0.3 is 16.1 Å². The van der Waals surface area contributed by atoms with E-state index in [2.05, 4.69) is 14.4 Å². The number of anilines is 1. The first-order valence-corrected chi connectivity index (χ1v) is 10.1. The molecule has 0 aliphatic carbocycles. The second-order valence-corrected chi connectivity index (χ2v) is 7.84. The topological polar surface area (TPSA) is 88.4 Å². The van der Waals surface area contributed by atoms with E-state index in [-0.39, 0.29) is 10.5 Å². The third-order valence-electron chi connectivity index (χ3n) is 3.97. The summed E-state index contributed by atoms with van der Waals surface area (Å²) in [6, 6.07) is 21.0. The Kier molecular flexibility index (Phi) is 6.04. The van der Waals surface area contributed by atoms with Crippen molar-refractivity contribution in [3.63, 3.8) is 0 Å². The molecule has 0 radical (unpaired) electrons. The summed E-state index contributed by atoms with van der Waals surface area (Å²) in [5.74, 6) is -0.935. The molecule has 0 atom stereocenters. The van der Waals surface area contributed by atoms with Gasteiger partial charge in [0.25, 0.3) is 0 Å². The Morgan fingerprint density at radius 3 is 1.83 bits per heavy atom. The molecule has 0 aliphatic rings. The minimum atomic E-state index is -4.23. The van der Waals surface area contributed by atoms with Gasteiger partial charge in [-0.15, -0.1) is 0 Å². The zero-order valence-corrected chi connectivity index (χ0v) is 16.7. The molecule has 0 aromatic heterocycles. The van der Waals surface area contributed by atoms with E-state index < -0.39 is 16.1 Å². The monoisotopic (exact) mass is 409 g/mol. The number of carbonyl (C=O) groups excluding carboxylic acids is 1. The van der Waals surface area contributed by atoms with E-state index in [1.165, 1.54) is 36.4 Å². The summed E-state index contributed by atoms with van der Waals surface area (Å²) < 4.78 is 29.3. The van der Waals surface area contributed by atoms with Crippen LogP contribution in [0.3, 0.4) is 0 Å². The Bertz CT molecular complexity index is 1110. The predicted octanol–water partition coefficient (Wildman–Crippen LogP) is 4.71. The molecule has 0 unspecified atom stereocenters. The zero-order valence-electron chi connectivity index (χ0n) is 15.9. The van der Waals surface area contributed by atoms with Gasteiger partial charge in [-0.25, -0.2) is 4.79 Å². The largest absolute Gasteiger partial charge is 0.378 e. The van der Waals surface area contributed by atoms with Crippen LogP contribution in [-0.2, 0) is 14.3 Å². The first-order chi connectivity index (χ1) is 13.8. The van der Waals surface area contributed by atoms with Gasteiger partial charge in [-0.1, -0.05) is 18.2 Å². The van der Waals surface area contributed by atoms with Gasteiger partial charge in [0.2, 0.25) is 0 Å². The van der Waals surface area contributed by atoms with Gasteiger partial charge in [-0.2, -0.15) is 18.6 Å². The molecule has 0 bridgehead atoms. The summed E-state index contributed by atoms with van der Waals surface area (Å²) in [5, 5.41) is 8.22. The standard InChI is InChI=1S/C21H19N3O4S/c1-24(2)19-12-8-17(9-13-19)22-23-18-10-14-20(15-11-18)29(26,27)28-21(25)16-6-4-3-5-7-16/h3-15H,1-2H3. The van der Waals surface area contributed by atoms with E-state index in [0.29, 0.717) is 11.4 Å². The highest BCUT2D eigenvalue weighted by Crippen LogP contribution is 2.23. The minimum absolute atomic E-state index is 0.143.